The molecule has 0 aliphatic carbocycles. The Balaban J connectivity index is 1.74. The molecule has 0 spiro atoms. The highest BCUT2D eigenvalue weighted by atomic mass is 32.1. The average molecular weight is 332 g/mol. The molecule has 2 N–H and O–H groups in total. The molecule has 1 fully saturated rings. The van der Waals surface area contributed by atoms with Crippen LogP contribution < -0.4 is 10.6 Å². The Morgan fingerprint density at radius 2 is 2.22 bits per heavy atom. The van der Waals surface area contributed by atoms with E-state index >= 15 is 0 Å². The van der Waals surface area contributed by atoms with Crippen molar-refractivity contribution in [1.29, 1.82) is 0 Å². The molecule has 1 aromatic carbocycles. The fourth-order valence-corrected chi connectivity index (χ4v) is 3.67. The van der Waals surface area contributed by atoms with Crippen LogP contribution in [0.4, 0.5) is 5.69 Å². The van der Waals surface area contributed by atoms with Crippen molar-refractivity contribution in [2.45, 2.75) is 32.2 Å². The Bertz CT molecular complexity index is 720. The van der Waals surface area contributed by atoms with E-state index in [0.29, 0.717) is 11.5 Å². The van der Waals surface area contributed by atoms with Gasteiger partial charge in [0.25, 0.3) is 0 Å². The molecule has 0 saturated carbocycles. The Kier molecular flexibility index (Phi) is 4.93. The van der Waals surface area contributed by atoms with Crippen LogP contribution in [0.3, 0.4) is 0 Å². The van der Waals surface area contributed by atoms with Gasteiger partial charge in [-0.3, -0.25) is 4.79 Å². The molecule has 122 valence electrons. The quantitative estimate of drug-likeness (QED) is 0.844. The minimum atomic E-state index is -0.300. The van der Waals surface area contributed by atoms with E-state index in [-0.39, 0.29) is 17.9 Å². The van der Waals surface area contributed by atoms with Crippen molar-refractivity contribution in [3.8, 4) is 0 Å². The highest BCUT2D eigenvalue weighted by Gasteiger charge is 2.20. The van der Waals surface area contributed by atoms with Crippen molar-refractivity contribution in [2.24, 2.45) is 0 Å². The van der Waals surface area contributed by atoms with Crippen LogP contribution in [-0.2, 0) is 9.53 Å². The second-order valence-corrected chi connectivity index (χ2v) is 6.66. The smallest absolute Gasteiger partial charge is 0.348 e. The van der Waals surface area contributed by atoms with E-state index in [1.807, 2.05) is 24.3 Å². The maximum Gasteiger partial charge on any atom is 0.348 e. The summed E-state index contributed by atoms with van der Waals surface area (Å²) >= 11 is 1.40. The zero-order valence-electron chi connectivity index (χ0n) is 13.1. The van der Waals surface area contributed by atoms with Crippen LogP contribution in [0, 0.1) is 0 Å². The molecule has 1 unspecified atom stereocenters. The van der Waals surface area contributed by atoms with Crippen LogP contribution in [0.25, 0.3) is 10.1 Å². The molecule has 1 aliphatic heterocycles. The Morgan fingerprint density at radius 3 is 2.96 bits per heavy atom. The van der Waals surface area contributed by atoms with Gasteiger partial charge in [-0.2, -0.15) is 0 Å². The van der Waals surface area contributed by atoms with E-state index in [4.69, 9.17) is 4.74 Å². The third-order valence-corrected chi connectivity index (χ3v) is 4.98. The first-order valence-electron chi connectivity index (χ1n) is 7.92. The van der Waals surface area contributed by atoms with Crippen molar-refractivity contribution >= 4 is 39.0 Å². The predicted molar refractivity (Wildman–Crippen MR) is 92.1 cm³/mol. The van der Waals surface area contributed by atoms with Crippen LogP contribution in [0.5, 0.6) is 0 Å². The number of carbonyl (C=O) groups is 2. The average Bonchev–Trinajstić information content (AvgIpc) is 2.99. The Hall–Kier alpha value is -1.92. The van der Waals surface area contributed by atoms with Gasteiger partial charge < -0.3 is 15.4 Å². The van der Waals surface area contributed by atoms with Gasteiger partial charge >= 0.3 is 5.97 Å². The van der Waals surface area contributed by atoms with Crippen molar-refractivity contribution in [1.82, 2.24) is 5.32 Å². The normalized spacial score (nSPS) is 17.9. The first kappa shape index (κ1) is 16.0. The lowest BCUT2D eigenvalue weighted by molar-refractivity contribution is -0.118. The van der Waals surface area contributed by atoms with Crippen LogP contribution >= 0.6 is 11.3 Å². The zero-order valence-corrected chi connectivity index (χ0v) is 13.9. The molecule has 1 saturated heterocycles. The number of thiophene rings is 1. The van der Waals surface area contributed by atoms with Crippen molar-refractivity contribution < 1.29 is 14.3 Å². The summed E-state index contributed by atoms with van der Waals surface area (Å²) in [5.74, 6) is -0.296. The van der Waals surface area contributed by atoms with Gasteiger partial charge in [-0.25, -0.2) is 4.79 Å². The zero-order chi connectivity index (χ0) is 16.2. The van der Waals surface area contributed by atoms with Gasteiger partial charge in [0.2, 0.25) is 5.91 Å². The van der Waals surface area contributed by atoms with Gasteiger partial charge in [0.15, 0.2) is 0 Å². The number of amides is 1. The first-order chi connectivity index (χ1) is 11.2. The number of anilines is 1. The molecule has 1 aliphatic rings. The maximum atomic E-state index is 12.3. The molecular formula is C17H20N2O3S. The molecule has 1 atom stereocenters. The predicted octanol–water partition coefficient (Wildman–Crippen LogP) is 3.16. The first-order valence-corrected chi connectivity index (χ1v) is 8.74. The van der Waals surface area contributed by atoms with Crippen molar-refractivity contribution in [3.05, 3.63) is 29.1 Å². The Morgan fingerprint density at radius 1 is 1.35 bits per heavy atom. The lowest BCUT2D eigenvalue weighted by atomic mass is 10.0. The third kappa shape index (κ3) is 3.71. The summed E-state index contributed by atoms with van der Waals surface area (Å²) in [4.78, 5) is 24.6. The van der Waals surface area contributed by atoms with E-state index in [0.717, 1.165) is 41.6 Å². The number of fused-ring (bicyclic) bond motifs is 1. The van der Waals surface area contributed by atoms with Crippen molar-refractivity contribution in [3.63, 3.8) is 0 Å². The van der Waals surface area contributed by atoms with Crippen LogP contribution in [0.1, 0.15) is 35.9 Å². The SMILES string of the molecule is CCOC(=O)c1cc2cc(NC(=O)C3CCCCN3)ccc2s1. The van der Waals surface area contributed by atoms with Crippen molar-refractivity contribution in [2.75, 3.05) is 18.5 Å². The van der Waals surface area contributed by atoms with Gasteiger partial charge in [0.05, 0.1) is 12.6 Å². The van der Waals surface area contributed by atoms with Gasteiger partial charge in [0, 0.05) is 10.4 Å². The fourth-order valence-electron chi connectivity index (χ4n) is 2.73. The molecule has 1 aromatic heterocycles. The summed E-state index contributed by atoms with van der Waals surface area (Å²) in [6, 6.07) is 7.39. The van der Waals surface area contributed by atoms with E-state index in [2.05, 4.69) is 10.6 Å². The van der Waals surface area contributed by atoms with E-state index in [1.165, 1.54) is 11.3 Å². The number of hydrogen-bond acceptors (Lipinski definition) is 5. The highest BCUT2D eigenvalue weighted by Crippen LogP contribution is 2.28. The number of carbonyl (C=O) groups excluding carboxylic acids is 2. The fraction of sp³-hybridized carbons (Fsp3) is 0.412. The topological polar surface area (TPSA) is 67.4 Å². The largest absolute Gasteiger partial charge is 0.462 e. The van der Waals surface area contributed by atoms with E-state index in [1.54, 1.807) is 6.92 Å². The molecule has 5 nitrogen and oxygen atoms in total. The van der Waals surface area contributed by atoms with Crippen LogP contribution in [0.2, 0.25) is 0 Å². The number of esters is 1. The number of piperidine rings is 1. The molecular weight excluding hydrogens is 312 g/mol. The number of ether oxygens (including phenoxy) is 1. The number of benzene rings is 1. The second-order valence-electron chi connectivity index (χ2n) is 5.58. The molecule has 1 amide bonds. The van der Waals surface area contributed by atoms with Gasteiger partial charge in [-0.1, -0.05) is 6.42 Å². The molecule has 0 radical (unpaired) electrons. The molecule has 2 aromatic rings. The highest BCUT2D eigenvalue weighted by molar-refractivity contribution is 7.20. The summed E-state index contributed by atoms with van der Waals surface area (Å²) in [6.07, 6.45) is 3.08. The summed E-state index contributed by atoms with van der Waals surface area (Å²) in [6.45, 7) is 3.05. The van der Waals surface area contributed by atoms with Crippen LogP contribution in [-0.4, -0.2) is 31.1 Å². The minimum Gasteiger partial charge on any atom is -0.462 e. The third-order valence-electron chi connectivity index (χ3n) is 3.89. The number of nitrogens with one attached hydrogen (secondary N) is 2. The lowest BCUT2D eigenvalue weighted by Crippen LogP contribution is -2.43. The van der Waals surface area contributed by atoms with Crippen LogP contribution in [0.15, 0.2) is 24.3 Å². The Labute approximate surface area is 139 Å². The van der Waals surface area contributed by atoms with Gasteiger partial charge in [0.1, 0.15) is 4.88 Å². The molecule has 2 heterocycles. The molecule has 6 heteroatoms. The minimum absolute atomic E-state index is 0.00453. The number of rotatable bonds is 4. The molecule has 3 rings (SSSR count). The molecule has 23 heavy (non-hydrogen) atoms. The van der Waals surface area contributed by atoms with Gasteiger partial charge in [-0.15, -0.1) is 11.3 Å². The summed E-state index contributed by atoms with van der Waals surface area (Å²) in [5, 5.41) is 7.13. The molecule has 0 bridgehead atoms. The maximum absolute atomic E-state index is 12.3. The van der Waals surface area contributed by atoms with E-state index < -0.39 is 0 Å². The lowest BCUT2D eigenvalue weighted by Gasteiger charge is -2.22. The second kappa shape index (κ2) is 7.10. The standard InChI is InChI=1S/C17H20N2O3S/c1-2-22-17(21)15-10-11-9-12(6-7-14(11)23-15)19-16(20)13-5-3-4-8-18-13/h6-7,9-10,13,18H,2-5,8H2,1H3,(H,19,20). The summed E-state index contributed by atoms with van der Waals surface area (Å²) < 4.78 is 6.03. The summed E-state index contributed by atoms with van der Waals surface area (Å²) in [7, 11) is 0. The van der Waals surface area contributed by atoms with Gasteiger partial charge in [-0.05, 0) is 56.0 Å². The monoisotopic (exact) mass is 332 g/mol. The van der Waals surface area contributed by atoms with E-state index in [9.17, 15) is 9.59 Å². The number of hydrogen-bond donors (Lipinski definition) is 2. The summed E-state index contributed by atoms with van der Waals surface area (Å²) in [5.41, 5.74) is 0.753.